The van der Waals surface area contributed by atoms with Crippen molar-refractivity contribution in [3.63, 3.8) is 0 Å². The van der Waals surface area contributed by atoms with Crippen molar-refractivity contribution in [2.75, 3.05) is 11.9 Å². The molecule has 5 nitrogen and oxygen atoms in total. The lowest BCUT2D eigenvalue weighted by atomic mass is 10.1. The fourth-order valence-electron chi connectivity index (χ4n) is 2.62. The van der Waals surface area contributed by atoms with E-state index in [1.54, 1.807) is 0 Å². The SMILES string of the molecule is CCOc1ccc(NC(=O)Cc2csc(COc3ccc(C)c(C)c3)n2)cc1. The van der Waals surface area contributed by atoms with Crippen molar-refractivity contribution in [2.24, 2.45) is 0 Å². The van der Waals surface area contributed by atoms with Crippen LogP contribution < -0.4 is 14.8 Å². The second-order valence-electron chi connectivity index (χ2n) is 6.45. The van der Waals surface area contributed by atoms with Crippen molar-refractivity contribution in [2.45, 2.75) is 33.8 Å². The van der Waals surface area contributed by atoms with Gasteiger partial charge in [-0.3, -0.25) is 4.79 Å². The fourth-order valence-corrected chi connectivity index (χ4v) is 3.32. The molecule has 3 rings (SSSR count). The molecule has 0 aliphatic carbocycles. The van der Waals surface area contributed by atoms with Gasteiger partial charge in [-0.05, 0) is 68.3 Å². The summed E-state index contributed by atoms with van der Waals surface area (Å²) in [5.41, 5.74) is 3.92. The van der Waals surface area contributed by atoms with Gasteiger partial charge in [0.15, 0.2) is 0 Å². The monoisotopic (exact) mass is 396 g/mol. The molecule has 0 bridgehead atoms. The molecular weight excluding hydrogens is 372 g/mol. The zero-order valence-corrected chi connectivity index (χ0v) is 17.1. The van der Waals surface area contributed by atoms with Gasteiger partial charge in [0.05, 0.1) is 18.7 Å². The topological polar surface area (TPSA) is 60.5 Å². The molecule has 0 aliphatic heterocycles. The molecule has 28 heavy (non-hydrogen) atoms. The van der Waals surface area contributed by atoms with Gasteiger partial charge < -0.3 is 14.8 Å². The number of hydrogen-bond donors (Lipinski definition) is 1. The molecule has 0 spiro atoms. The van der Waals surface area contributed by atoms with Crippen LogP contribution in [0, 0.1) is 13.8 Å². The zero-order chi connectivity index (χ0) is 19.9. The number of ether oxygens (including phenoxy) is 2. The van der Waals surface area contributed by atoms with E-state index in [1.807, 2.05) is 54.8 Å². The summed E-state index contributed by atoms with van der Waals surface area (Å²) >= 11 is 1.50. The maximum atomic E-state index is 12.2. The van der Waals surface area contributed by atoms with E-state index in [2.05, 4.69) is 24.1 Å². The normalized spacial score (nSPS) is 10.5. The highest BCUT2D eigenvalue weighted by atomic mass is 32.1. The van der Waals surface area contributed by atoms with E-state index in [0.717, 1.165) is 27.9 Å². The van der Waals surface area contributed by atoms with Crippen molar-refractivity contribution in [1.82, 2.24) is 4.98 Å². The van der Waals surface area contributed by atoms with Gasteiger partial charge in [0.25, 0.3) is 0 Å². The molecule has 1 aromatic heterocycles. The van der Waals surface area contributed by atoms with Gasteiger partial charge >= 0.3 is 0 Å². The Hall–Kier alpha value is -2.86. The Labute approximate surface area is 169 Å². The van der Waals surface area contributed by atoms with E-state index in [0.29, 0.717) is 13.2 Å². The molecule has 0 saturated carbocycles. The second kappa shape index (κ2) is 9.37. The Morgan fingerprint density at radius 2 is 1.79 bits per heavy atom. The summed E-state index contributed by atoms with van der Waals surface area (Å²) in [6.07, 6.45) is 0.230. The van der Waals surface area contributed by atoms with Gasteiger partial charge in [-0.2, -0.15) is 0 Å². The van der Waals surface area contributed by atoms with Crippen molar-refractivity contribution < 1.29 is 14.3 Å². The van der Waals surface area contributed by atoms with Crippen LogP contribution in [0.15, 0.2) is 47.8 Å². The van der Waals surface area contributed by atoms with Gasteiger partial charge in [-0.1, -0.05) is 6.07 Å². The lowest BCUT2D eigenvalue weighted by molar-refractivity contribution is -0.115. The first kappa shape index (κ1) is 19.9. The summed E-state index contributed by atoms with van der Waals surface area (Å²) in [4.78, 5) is 16.7. The predicted octanol–water partition coefficient (Wildman–Crippen LogP) is 4.92. The van der Waals surface area contributed by atoms with Gasteiger partial charge in [0.1, 0.15) is 23.1 Å². The standard InChI is InChI=1S/C22H24N2O3S/c1-4-26-19-9-6-17(7-10-19)23-21(25)12-18-14-28-22(24-18)13-27-20-8-5-15(2)16(3)11-20/h5-11,14H,4,12-13H2,1-3H3,(H,23,25). The number of carbonyl (C=O) groups excluding carboxylic acids is 1. The highest BCUT2D eigenvalue weighted by Crippen LogP contribution is 2.20. The van der Waals surface area contributed by atoms with Gasteiger partial charge in [0.2, 0.25) is 5.91 Å². The predicted molar refractivity (Wildman–Crippen MR) is 112 cm³/mol. The minimum absolute atomic E-state index is 0.101. The highest BCUT2D eigenvalue weighted by Gasteiger charge is 2.09. The first-order valence-corrected chi connectivity index (χ1v) is 10.1. The maximum Gasteiger partial charge on any atom is 0.230 e. The third kappa shape index (κ3) is 5.57. The third-order valence-corrected chi connectivity index (χ3v) is 5.10. The number of benzene rings is 2. The summed E-state index contributed by atoms with van der Waals surface area (Å²) in [5.74, 6) is 1.51. The molecule has 1 heterocycles. The quantitative estimate of drug-likeness (QED) is 0.587. The van der Waals surface area contributed by atoms with Crippen LogP contribution in [0.5, 0.6) is 11.5 Å². The molecule has 1 amide bonds. The molecule has 0 aliphatic rings. The number of nitrogens with zero attached hydrogens (tertiary/aromatic N) is 1. The van der Waals surface area contributed by atoms with Crippen LogP contribution in [0.25, 0.3) is 0 Å². The zero-order valence-electron chi connectivity index (χ0n) is 16.3. The number of rotatable bonds is 8. The fraction of sp³-hybridized carbons (Fsp3) is 0.273. The summed E-state index contributed by atoms with van der Waals surface area (Å²) in [5, 5.41) is 5.63. The average Bonchev–Trinajstić information content (AvgIpc) is 3.12. The van der Waals surface area contributed by atoms with Crippen LogP contribution in [0.3, 0.4) is 0 Å². The number of carbonyl (C=O) groups is 1. The Balaban J connectivity index is 1.50. The number of amides is 1. The number of aromatic nitrogens is 1. The van der Waals surface area contributed by atoms with E-state index in [1.165, 1.54) is 22.5 Å². The number of thiazole rings is 1. The minimum atomic E-state index is -0.101. The molecule has 0 fully saturated rings. The molecule has 0 saturated heterocycles. The summed E-state index contributed by atoms with van der Waals surface area (Å²) in [6, 6.07) is 13.4. The molecule has 1 N–H and O–H groups in total. The summed E-state index contributed by atoms with van der Waals surface area (Å²) in [6.45, 7) is 7.08. The number of anilines is 1. The Kier molecular flexibility index (Phi) is 6.66. The van der Waals surface area contributed by atoms with E-state index < -0.39 is 0 Å². The molecule has 6 heteroatoms. The molecule has 0 radical (unpaired) electrons. The van der Waals surface area contributed by atoms with Crippen LogP contribution >= 0.6 is 11.3 Å². The highest BCUT2D eigenvalue weighted by molar-refractivity contribution is 7.09. The first-order chi connectivity index (χ1) is 13.5. The minimum Gasteiger partial charge on any atom is -0.494 e. The largest absolute Gasteiger partial charge is 0.494 e. The van der Waals surface area contributed by atoms with E-state index in [9.17, 15) is 4.79 Å². The van der Waals surface area contributed by atoms with E-state index >= 15 is 0 Å². The first-order valence-electron chi connectivity index (χ1n) is 9.19. The maximum absolute atomic E-state index is 12.2. The van der Waals surface area contributed by atoms with Crippen molar-refractivity contribution in [3.8, 4) is 11.5 Å². The van der Waals surface area contributed by atoms with Crippen molar-refractivity contribution >= 4 is 22.9 Å². The molecule has 0 unspecified atom stereocenters. The lowest BCUT2D eigenvalue weighted by Crippen LogP contribution is -2.14. The molecular formula is C22H24N2O3S. The lowest BCUT2D eigenvalue weighted by Gasteiger charge is -2.07. The van der Waals surface area contributed by atoms with Crippen molar-refractivity contribution in [3.05, 3.63) is 69.7 Å². The summed E-state index contributed by atoms with van der Waals surface area (Å²) in [7, 11) is 0. The van der Waals surface area contributed by atoms with Crippen LogP contribution in [0.2, 0.25) is 0 Å². The Morgan fingerprint density at radius 1 is 1.04 bits per heavy atom. The smallest absolute Gasteiger partial charge is 0.230 e. The average molecular weight is 397 g/mol. The molecule has 3 aromatic rings. The number of hydrogen-bond acceptors (Lipinski definition) is 5. The third-order valence-electron chi connectivity index (χ3n) is 4.23. The van der Waals surface area contributed by atoms with Gasteiger partial charge in [-0.25, -0.2) is 4.98 Å². The van der Waals surface area contributed by atoms with Crippen molar-refractivity contribution in [1.29, 1.82) is 0 Å². The molecule has 146 valence electrons. The summed E-state index contributed by atoms with van der Waals surface area (Å²) < 4.78 is 11.2. The van der Waals surface area contributed by atoms with E-state index in [4.69, 9.17) is 9.47 Å². The number of aryl methyl sites for hydroxylation is 2. The molecule has 0 atom stereocenters. The van der Waals surface area contributed by atoms with Crippen LogP contribution in [-0.2, 0) is 17.8 Å². The number of nitrogens with one attached hydrogen (secondary N) is 1. The van der Waals surface area contributed by atoms with E-state index in [-0.39, 0.29) is 12.3 Å². The second-order valence-corrected chi connectivity index (χ2v) is 7.39. The van der Waals surface area contributed by atoms with Gasteiger partial charge in [0, 0.05) is 11.1 Å². The van der Waals surface area contributed by atoms with Crippen LogP contribution in [0.1, 0.15) is 28.8 Å². The Bertz CT molecular complexity index is 935. The molecule has 2 aromatic carbocycles. The Morgan fingerprint density at radius 3 is 2.50 bits per heavy atom. The van der Waals surface area contributed by atoms with Crippen LogP contribution in [0.4, 0.5) is 5.69 Å². The van der Waals surface area contributed by atoms with Gasteiger partial charge in [-0.15, -0.1) is 11.3 Å². The van der Waals surface area contributed by atoms with Crippen LogP contribution in [-0.4, -0.2) is 17.5 Å².